The van der Waals surface area contributed by atoms with Crippen LogP contribution in [0.2, 0.25) is 0 Å². The molecule has 4 aliphatic heterocycles. The zero-order chi connectivity index (χ0) is 32.6. The molecule has 0 bridgehead atoms. The van der Waals surface area contributed by atoms with E-state index in [9.17, 15) is 24.9 Å². The number of hydrogen-bond acceptors (Lipinski definition) is 11. The zero-order valence-electron chi connectivity index (χ0n) is 26.0. The predicted molar refractivity (Wildman–Crippen MR) is 178 cm³/mol. The Labute approximate surface area is 287 Å². The van der Waals surface area contributed by atoms with E-state index >= 15 is 0 Å². The second kappa shape index (κ2) is 18.2. The van der Waals surface area contributed by atoms with Crippen molar-refractivity contribution >= 4 is 57.1 Å². The molecule has 0 aromatic rings. The molecule has 44 heavy (non-hydrogen) atoms. The Morgan fingerprint density at radius 1 is 0.773 bits per heavy atom. The molecule has 4 saturated heterocycles. The van der Waals surface area contributed by atoms with Crippen molar-refractivity contribution in [2.45, 2.75) is 126 Å². The number of ether oxygens (including phenoxy) is 6. The van der Waals surface area contributed by atoms with E-state index in [0.717, 1.165) is 12.8 Å². The van der Waals surface area contributed by atoms with Crippen LogP contribution >= 0.6 is 45.2 Å². The maximum absolute atomic E-state index is 11.5. The molecule has 4 aliphatic rings. The minimum atomic E-state index is -1.26. The van der Waals surface area contributed by atoms with Crippen LogP contribution in [0.5, 0.6) is 0 Å². The molecule has 0 spiro atoms. The van der Waals surface area contributed by atoms with Crippen LogP contribution in [-0.2, 0) is 38.0 Å². The van der Waals surface area contributed by atoms with Crippen LogP contribution in [0, 0.1) is 17.8 Å². The van der Waals surface area contributed by atoms with E-state index in [4.69, 9.17) is 23.7 Å². The van der Waals surface area contributed by atoms with Crippen LogP contribution in [0.25, 0.3) is 0 Å². The van der Waals surface area contributed by atoms with E-state index in [1.807, 2.05) is 22.6 Å². The monoisotopic (exact) mass is 850 g/mol. The molecule has 0 unspecified atom stereocenters. The van der Waals surface area contributed by atoms with Crippen molar-refractivity contribution in [3.63, 3.8) is 0 Å². The zero-order valence-corrected chi connectivity index (χ0v) is 30.3. The first-order valence-corrected chi connectivity index (χ1v) is 17.8. The molecule has 3 N–H and O–H groups in total. The number of hydrogen-bond donors (Lipinski definition) is 3. The van der Waals surface area contributed by atoms with Crippen LogP contribution in [0.4, 0.5) is 0 Å². The molecule has 4 fully saturated rings. The van der Waals surface area contributed by atoms with E-state index in [0.29, 0.717) is 37.0 Å². The number of carbonyl (C=O) groups excluding carboxylic acids is 2. The second-order valence-electron chi connectivity index (χ2n) is 12.1. The SMILES string of the molecule is COC(=O)C[C@H]1CC[C@@H]2O[C@@H]([C@@H](C)/C=C/I)[C@@H](C)[C@@H](C)[C@H]2O1.COC(=O)C[C@H]1CC[C@@H]2O[C@@H]([C@@H](O)/C=C/I)[C@@H](O)[C@@H](O)[C@H]2O1. The van der Waals surface area contributed by atoms with E-state index in [2.05, 4.69) is 58.3 Å². The summed E-state index contributed by atoms with van der Waals surface area (Å²) in [6, 6.07) is 0. The van der Waals surface area contributed by atoms with Crippen LogP contribution < -0.4 is 0 Å². The van der Waals surface area contributed by atoms with Crippen molar-refractivity contribution in [2.24, 2.45) is 17.8 Å². The third-order valence-corrected chi connectivity index (χ3v) is 10.1. The lowest BCUT2D eigenvalue weighted by atomic mass is 9.75. The minimum Gasteiger partial charge on any atom is -0.469 e. The highest BCUT2D eigenvalue weighted by Crippen LogP contribution is 2.41. The lowest BCUT2D eigenvalue weighted by molar-refractivity contribution is -0.274. The lowest BCUT2D eigenvalue weighted by Crippen LogP contribution is -2.63. The van der Waals surface area contributed by atoms with E-state index in [1.54, 1.807) is 4.08 Å². The summed E-state index contributed by atoms with van der Waals surface area (Å²) in [7, 11) is 2.73. The van der Waals surface area contributed by atoms with Gasteiger partial charge < -0.3 is 43.7 Å². The first-order chi connectivity index (χ1) is 20.9. The Balaban J connectivity index is 0.000000240. The van der Waals surface area contributed by atoms with Crippen LogP contribution in [0.15, 0.2) is 20.3 Å². The highest BCUT2D eigenvalue weighted by molar-refractivity contribution is 14.1. The van der Waals surface area contributed by atoms with E-state index in [-0.39, 0.29) is 48.9 Å². The van der Waals surface area contributed by atoms with Gasteiger partial charge in [0.15, 0.2) is 0 Å². The third-order valence-electron chi connectivity index (χ3n) is 9.28. The quantitative estimate of drug-likeness (QED) is 0.243. The van der Waals surface area contributed by atoms with Gasteiger partial charge in [-0.15, -0.1) is 0 Å². The molecule has 0 aromatic heterocycles. The average Bonchev–Trinajstić information content (AvgIpc) is 3.01. The molecule has 4 rings (SSSR count). The van der Waals surface area contributed by atoms with Crippen molar-refractivity contribution in [2.75, 3.05) is 14.2 Å². The standard InChI is InChI=1S/C17H27IO4.C14H21IO7/c1-10(7-8-18)16-11(2)12(3)17-14(22-16)6-5-13(21-17)9-15(19)20-4;1-20-10(17)6-7-2-3-9-14(21-7)12(19)11(18)13(22-9)8(16)4-5-15/h7-8,10-14,16-17H,5-6,9H2,1-4H3;4-5,7-9,11-14,16,18-19H,2-3,6H2,1H3/b8-7+;5-4+/t10-,11-,12+,13+,14-,16-,17+;7-,8+,9+,11+,12-,13+,14+/m01/s1. The third kappa shape index (κ3) is 9.81. The van der Waals surface area contributed by atoms with Crippen LogP contribution in [-0.4, -0.2) is 109 Å². The summed E-state index contributed by atoms with van der Waals surface area (Å²) in [5.41, 5.74) is 0. The van der Waals surface area contributed by atoms with Gasteiger partial charge in [0, 0.05) is 5.92 Å². The Morgan fingerprint density at radius 3 is 1.80 bits per heavy atom. The Bertz CT molecular complexity index is 900. The fraction of sp³-hybridized carbons (Fsp3) is 0.806. The van der Waals surface area contributed by atoms with Gasteiger partial charge in [0.2, 0.25) is 0 Å². The van der Waals surface area contributed by atoms with Gasteiger partial charge in [0.05, 0.1) is 63.7 Å². The number of methoxy groups -OCH3 is 2. The second-order valence-corrected chi connectivity index (χ2v) is 13.6. The summed E-state index contributed by atoms with van der Waals surface area (Å²) in [5.74, 6) is 0.688. The highest BCUT2D eigenvalue weighted by atomic mass is 127. The first kappa shape index (κ1) is 38.1. The fourth-order valence-electron chi connectivity index (χ4n) is 6.57. The van der Waals surface area contributed by atoms with Gasteiger partial charge in [0.25, 0.3) is 0 Å². The number of rotatable bonds is 8. The van der Waals surface area contributed by atoms with Gasteiger partial charge in [-0.05, 0) is 51.8 Å². The number of carbonyl (C=O) groups is 2. The maximum atomic E-state index is 11.5. The number of halogens is 2. The topological polar surface area (TPSA) is 150 Å². The van der Waals surface area contributed by atoms with Gasteiger partial charge in [-0.25, -0.2) is 0 Å². The lowest BCUT2D eigenvalue weighted by Gasteiger charge is -2.49. The molecule has 0 aromatic carbocycles. The first-order valence-electron chi connectivity index (χ1n) is 15.3. The van der Waals surface area contributed by atoms with Gasteiger partial charge in [-0.2, -0.15) is 0 Å². The number of aliphatic hydroxyl groups is 3. The molecule has 0 amide bonds. The Kier molecular flexibility index (Phi) is 15.8. The highest BCUT2D eigenvalue weighted by Gasteiger charge is 2.50. The van der Waals surface area contributed by atoms with Gasteiger partial charge >= 0.3 is 11.9 Å². The summed E-state index contributed by atoms with van der Waals surface area (Å²) in [6.07, 6.45) is 1.72. The molecule has 0 saturated carbocycles. The molecule has 11 nitrogen and oxygen atoms in total. The van der Waals surface area contributed by atoms with Gasteiger partial charge in [-0.1, -0.05) is 72.0 Å². The molecule has 0 radical (unpaired) electrons. The summed E-state index contributed by atoms with van der Waals surface area (Å²) in [5, 5.41) is 30.4. The predicted octanol–water partition coefficient (Wildman–Crippen LogP) is 3.62. The van der Waals surface area contributed by atoms with Gasteiger partial charge in [-0.3, -0.25) is 9.59 Å². The molecule has 0 aliphatic carbocycles. The average molecular weight is 851 g/mol. The Morgan fingerprint density at radius 2 is 1.27 bits per heavy atom. The maximum Gasteiger partial charge on any atom is 0.308 e. The van der Waals surface area contributed by atoms with Crippen molar-refractivity contribution < 1.29 is 53.3 Å². The fourth-order valence-corrected chi connectivity index (χ4v) is 7.65. The molecule has 252 valence electrons. The smallest absolute Gasteiger partial charge is 0.308 e. The van der Waals surface area contributed by atoms with Crippen molar-refractivity contribution in [1.82, 2.24) is 0 Å². The summed E-state index contributed by atoms with van der Waals surface area (Å²) in [6.45, 7) is 6.71. The van der Waals surface area contributed by atoms with Gasteiger partial charge in [0.1, 0.15) is 30.5 Å². The van der Waals surface area contributed by atoms with E-state index in [1.165, 1.54) is 20.3 Å². The minimum absolute atomic E-state index is 0.0323. The summed E-state index contributed by atoms with van der Waals surface area (Å²) >= 11 is 4.22. The van der Waals surface area contributed by atoms with E-state index < -0.39 is 36.6 Å². The number of fused-ring (bicyclic) bond motifs is 2. The van der Waals surface area contributed by atoms with Crippen molar-refractivity contribution in [3.8, 4) is 0 Å². The molecular formula is C31H48I2O11. The van der Waals surface area contributed by atoms with Crippen LogP contribution in [0.3, 0.4) is 0 Å². The molecule has 13 heteroatoms. The molecule has 4 heterocycles. The number of aliphatic hydroxyl groups excluding tert-OH is 3. The Hall–Kier alpha value is -0.400. The van der Waals surface area contributed by atoms with Crippen molar-refractivity contribution in [1.29, 1.82) is 0 Å². The van der Waals surface area contributed by atoms with Crippen LogP contribution in [0.1, 0.15) is 59.3 Å². The summed E-state index contributed by atoms with van der Waals surface area (Å²) < 4.78 is 37.0. The van der Waals surface area contributed by atoms with Crippen molar-refractivity contribution in [3.05, 3.63) is 20.3 Å². The largest absolute Gasteiger partial charge is 0.469 e. The normalized spacial score (nSPS) is 40.2. The summed E-state index contributed by atoms with van der Waals surface area (Å²) in [4.78, 5) is 22.8. The molecular weight excluding hydrogens is 802 g/mol. The number of esters is 2. The molecule has 14 atom stereocenters.